The minimum Gasteiger partial charge on any atom is -0.0873 e. The zero-order valence-corrected chi connectivity index (χ0v) is 8.61. The molecule has 72 valence electrons. The van der Waals surface area contributed by atoms with Crippen LogP contribution in [0, 0.1) is 6.92 Å². The van der Waals surface area contributed by atoms with Gasteiger partial charge in [0, 0.05) is 5.92 Å². The molecule has 14 heavy (non-hydrogen) atoms. The number of aryl methyl sites for hydroxylation is 1. The summed E-state index contributed by atoms with van der Waals surface area (Å²) >= 11 is 0. The zero-order valence-electron chi connectivity index (χ0n) is 8.61. The van der Waals surface area contributed by atoms with Crippen molar-refractivity contribution in [1.82, 2.24) is 0 Å². The zero-order chi connectivity index (χ0) is 9.80. The number of allylic oxidation sites excluding steroid dienone is 4. The van der Waals surface area contributed by atoms with Gasteiger partial charge in [-0.05, 0) is 25.3 Å². The van der Waals surface area contributed by atoms with Gasteiger partial charge in [0.25, 0.3) is 0 Å². The first-order valence-corrected chi connectivity index (χ1v) is 5.26. The lowest BCUT2D eigenvalue weighted by atomic mass is 9.98. The first-order valence-electron chi connectivity index (χ1n) is 5.26. The average molecular weight is 184 g/mol. The molecule has 0 nitrogen and oxygen atoms in total. The summed E-state index contributed by atoms with van der Waals surface area (Å²) in [6, 6.07) is 8.81. The van der Waals surface area contributed by atoms with E-state index < -0.39 is 0 Å². The van der Waals surface area contributed by atoms with Crippen molar-refractivity contribution in [2.24, 2.45) is 0 Å². The van der Waals surface area contributed by atoms with E-state index in [0.717, 1.165) is 0 Å². The summed E-state index contributed by atoms with van der Waals surface area (Å²) in [5.74, 6) is 0.484. The van der Waals surface area contributed by atoms with E-state index in [-0.39, 0.29) is 0 Å². The molecular weight excluding hydrogens is 168 g/mol. The van der Waals surface area contributed by atoms with Crippen molar-refractivity contribution in [2.45, 2.75) is 25.7 Å². The van der Waals surface area contributed by atoms with Crippen molar-refractivity contribution in [1.29, 1.82) is 0 Å². The summed E-state index contributed by atoms with van der Waals surface area (Å²) in [5, 5.41) is 0. The van der Waals surface area contributed by atoms with Crippen LogP contribution in [0.15, 0.2) is 48.6 Å². The highest BCUT2D eigenvalue weighted by Crippen LogP contribution is 2.22. The molecule has 0 heterocycles. The van der Waals surface area contributed by atoms with Gasteiger partial charge in [-0.2, -0.15) is 0 Å². The monoisotopic (exact) mass is 184 g/mol. The van der Waals surface area contributed by atoms with Gasteiger partial charge in [-0.15, -0.1) is 0 Å². The molecule has 1 aromatic carbocycles. The van der Waals surface area contributed by atoms with Crippen LogP contribution in [0.4, 0.5) is 0 Å². The molecule has 2 rings (SSSR count). The third-order valence-corrected chi connectivity index (χ3v) is 2.65. The highest BCUT2D eigenvalue weighted by atomic mass is 14.1. The first kappa shape index (κ1) is 9.26. The molecule has 0 fully saturated rings. The smallest absolute Gasteiger partial charge is 0.0198 e. The predicted octanol–water partition coefficient (Wildman–Crippen LogP) is 3.98. The molecule has 1 aliphatic rings. The fraction of sp³-hybridized carbons (Fsp3) is 0.286. The van der Waals surface area contributed by atoms with E-state index in [0.29, 0.717) is 5.92 Å². The Balaban J connectivity index is 2.25. The Morgan fingerprint density at radius 1 is 0.929 bits per heavy atom. The highest BCUT2D eigenvalue weighted by Gasteiger charge is 2.04. The predicted molar refractivity (Wildman–Crippen MR) is 61.4 cm³/mol. The number of rotatable bonds is 1. The maximum atomic E-state index is 2.30. The van der Waals surface area contributed by atoms with Crippen LogP contribution in [-0.2, 0) is 0 Å². The average Bonchev–Trinajstić information content (AvgIpc) is 2.47. The Morgan fingerprint density at radius 3 is 2.07 bits per heavy atom. The van der Waals surface area contributed by atoms with Crippen molar-refractivity contribution in [3.8, 4) is 0 Å². The molecular formula is C14H16. The summed E-state index contributed by atoms with van der Waals surface area (Å²) in [7, 11) is 0. The van der Waals surface area contributed by atoms with Crippen molar-refractivity contribution >= 4 is 0 Å². The molecule has 0 radical (unpaired) electrons. The summed E-state index contributed by atoms with van der Waals surface area (Å²) in [6.07, 6.45) is 11.5. The Hall–Kier alpha value is -1.30. The van der Waals surface area contributed by atoms with Crippen molar-refractivity contribution in [3.05, 3.63) is 59.7 Å². The van der Waals surface area contributed by atoms with E-state index in [2.05, 4.69) is 55.5 Å². The van der Waals surface area contributed by atoms with Gasteiger partial charge in [0.15, 0.2) is 0 Å². The van der Waals surface area contributed by atoms with Gasteiger partial charge in [0.2, 0.25) is 0 Å². The minimum atomic E-state index is 0.484. The van der Waals surface area contributed by atoms with Crippen LogP contribution in [0.1, 0.15) is 29.9 Å². The number of hydrogen-bond acceptors (Lipinski definition) is 0. The van der Waals surface area contributed by atoms with E-state index in [4.69, 9.17) is 0 Å². The maximum absolute atomic E-state index is 2.30. The topological polar surface area (TPSA) is 0 Å². The standard InChI is InChI=1S/C14H16/c1-12-8-10-14(11-9-12)13-6-4-2-3-5-7-13/h4-11,13H,2-3H2,1H3. The van der Waals surface area contributed by atoms with Gasteiger partial charge in [0.05, 0.1) is 0 Å². The number of benzene rings is 1. The highest BCUT2D eigenvalue weighted by molar-refractivity contribution is 5.31. The summed E-state index contributed by atoms with van der Waals surface area (Å²) in [5.41, 5.74) is 2.72. The Morgan fingerprint density at radius 2 is 1.50 bits per heavy atom. The van der Waals surface area contributed by atoms with Crippen molar-refractivity contribution in [2.75, 3.05) is 0 Å². The third kappa shape index (κ3) is 2.14. The fourth-order valence-electron chi connectivity index (χ4n) is 1.75. The van der Waals surface area contributed by atoms with Crippen LogP contribution in [0.25, 0.3) is 0 Å². The van der Waals surface area contributed by atoms with Crippen molar-refractivity contribution < 1.29 is 0 Å². The van der Waals surface area contributed by atoms with Gasteiger partial charge in [-0.25, -0.2) is 0 Å². The fourth-order valence-corrected chi connectivity index (χ4v) is 1.75. The third-order valence-electron chi connectivity index (χ3n) is 2.65. The first-order chi connectivity index (χ1) is 6.86. The second-order valence-corrected chi connectivity index (χ2v) is 3.87. The number of hydrogen-bond donors (Lipinski definition) is 0. The molecule has 0 aromatic heterocycles. The van der Waals surface area contributed by atoms with Crippen LogP contribution in [-0.4, -0.2) is 0 Å². The van der Waals surface area contributed by atoms with E-state index in [1.54, 1.807) is 0 Å². The van der Waals surface area contributed by atoms with E-state index >= 15 is 0 Å². The Kier molecular flexibility index (Phi) is 2.83. The molecule has 0 aliphatic heterocycles. The molecule has 0 atom stereocenters. The van der Waals surface area contributed by atoms with Crippen LogP contribution in [0.5, 0.6) is 0 Å². The molecule has 0 N–H and O–H groups in total. The molecule has 1 aliphatic carbocycles. The molecule has 0 saturated carbocycles. The molecule has 0 amide bonds. The molecule has 0 spiro atoms. The Bertz CT molecular complexity index is 327. The lowest BCUT2D eigenvalue weighted by Crippen LogP contribution is -1.89. The van der Waals surface area contributed by atoms with Gasteiger partial charge < -0.3 is 0 Å². The second-order valence-electron chi connectivity index (χ2n) is 3.87. The van der Waals surface area contributed by atoms with Crippen molar-refractivity contribution in [3.63, 3.8) is 0 Å². The van der Waals surface area contributed by atoms with Gasteiger partial charge in [-0.3, -0.25) is 0 Å². The summed E-state index contributed by atoms with van der Waals surface area (Å²) in [6.45, 7) is 2.13. The van der Waals surface area contributed by atoms with Gasteiger partial charge in [0.1, 0.15) is 0 Å². The molecule has 1 aromatic rings. The van der Waals surface area contributed by atoms with E-state index in [1.807, 2.05) is 0 Å². The SMILES string of the molecule is Cc1ccc(C2C=CCCC=C2)cc1. The largest absolute Gasteiger partial charge is 0.0873 e. The van der Waals surface area contributed by atoms with Crippen LogP contribution in [0.3, 0.4) is 0 Å². The van der Waals surface area contributed by atoms with E-state index in [1.165, 1.54) is 24.0 Å². The summed E-state index contributed by atoms with van der Waals surface area (Å²) in [4.78, 5) is 0. The lowest BCUT2D eigenvalue weighted by Gasteiger charge is -2.07. The second kappa shape index (κ2) is 4.28. The van der Waals surface area contributed by atoms with Crippen LogP contribution >= 0.6 is 0 Å². The normalized spacial score (nSPS) is 16.9. The maximum Gasteiger partial charge on any atom is 0.0198 e. The summed E-state index contributed by atoms with van der Waals surface area (Å²) < 4.78 is 0. The van der Waals surface area contributed by atoms with Gasteiger partial charge in [-0.1, -0.05) is 54.1 Å². The van der Waals surface area contributed by atoms with Crippen LogP contribution in [0.2, 0.25) is 0 Å². The lowest BCUT2D eigenvalue weighted by molar-refractivity contribution is 1.06. The van der Waals surface area contributed by atoms with Crippen LogP contribution < -0.4 is 0 Å². The molecule has 0 unspecified atom stereocenters. The molecule has 0 bridgehead atoms. The molecule has 0 heteroatoms. The minimum absolute atomic E-state index is 0.484. The van der Waals surface area contributed by atoms with E-state index in [9.17, 15) is 0 Å². The quantitative estimate of drug-likeness (QED) is 0.579. The molecule has 0 saturated heterocycles. The van der Waals surface area contributed by atoms with Gasteiger partial charge >= 0.3 is 0 Å². The Labute approximate surface area is 86.0 Å².